The number of hydrogen-bond donors (Lipinski definition) is 2. The molecule has 0 saturated carbocycles. The second-order valence-corrected chi connectivity index (χ2v) is 4.98. The normalized spacial score (nSPS) is 15.2. The zero-order chi connectivity index (χ0) is 16.1. The van der Waals surface area contributed by atoms with Gasteiger partial charge in [-0.1, -0.05) is 0 Å². The molecule has 1 fully saturated rings. The number of hydrogen-bond acceptors (Lipinski definition) is 6. The molecule has 0 atom stereocenters. The average molecular weight is 309 g/mol. The van der Waals surface area contributed by atoms with Crippen molar-refractivity contribution in [3.8, 4) is 11.5 Å². The number of methoxy groups -OCH3 is 2. The summed E-state index contributed by atoms with van der Waals surface area (Å²) in [5, 5.41) is 17.2. The third-order valence-electron chi connectivity index (χ3n) is 3.62. The zero-order valence-corrected chi connectivity index (χ0v) is 12.5. The molecule has 1 aromatic rings. The van der Waals surface area contributed by atoms with Gasteiger partial charge in [-0.05, 0) is 25.9 Å². The Morgan fingerprint density at radius 1 is 1.27 bits per heavy atom. The molecule has 0 aromatic heterocycles. The Bertz CT molecular complexity index is 570. The topological polar surface area (TPSA) is 103 Å². The van der Waals surface area contributed by atoms with E-state index in [4.69, 9.17) is 9.47 Å². The highest BCUT2D eigenvalue weighted by molar-refractivity contribution is 5.99. The van der Waals surface area contributed by atoms with E-state index in [9.17, 15) is 14.9 Å². The fraction of sp³-hybridized carbons (Fsp3) is 0.500. The predicted molar refractivity (Wildman–Crippen MR) is 79.6 cm³/mol. The molecule has 1 aliphatic rings. The summed E-state index contributed by atoms with van der Waals surface area (Å²) in [6.45, 7) is 1.64. The summed E-state index contributed by atoms with van der Waals surface area (Å²) in [5.74, 6) is 0.0238. The van der Waals surface area contributed by atoms with Crippen LogP contribution in [0.15, 0.2) is 12.1 Å². The van der Waals surface area contributed by atoms with Crippen molar-refractivity contribution < 1.29 is 19.2 Å². The summed E-state index contributed by atoms with van der Waals surface area (Å²) in [6.07, 6.45) is 1.60. The number of carbonyl (C=O) groups excluding carboxylic acids is 1. The van der Waals surface area contributed by atoms with E-state index >= 15 is 0 Å². The van der Waals surface area contributed by atoms with E-state index in [1.54, 1.807) is 0 Å². The van der Waals surface area contributed by atoms with E-state index in [1.807, 2.05) is 0 Å². The number of nitrogens with zero attached hydrogens (tertiary/aromatic N) is 1. The van der Waals surface area contributed by atoms with Crippen LogP contribution >= 0.6 is 0 Å². The van der Waals surface area contributed by atoms with Gasteiger partial charge in [0.25, 0.3) is 11.6 Å². The molecule has 2 N–H and O–H groups in total. The molecule has 0 spiro atoms. The maximum absolute atomic E-state index is 12.4. The summed E-state index contributed by atoms with van der Waals surface area (Å²) in [6, 6.07) is 2.56. The van der Waals surface area contributed by atoms with Gasteiger partial charge in [-0.3, -0.25) is 14.9 Å². The van der Waals surface area contributed by atoms with E-state index in [2.05, 4.69) is 10.6 Å². The third-order valence-corrected chi connectivity index (χ3v) is 3.62. The van der Waals surface area contributed by atoms with Gasteiger partial charge < -0.3 is 20.1 Å². The number of nitrogens with one attached hydrogen (secondary N) is 2. The molecule has 0 bridgehead atoms. The Labute approximate surface area is 127 Å². The lowest BCUT2D eigenvalue weighted by molar-refractivity contribution is -0.385. The molecule has 8 nitrogen and oxygen atoms in total. The van der Waals surface area contributed by atoms with Crippen LogP contribution < -0.4 is 20.1 Å². The number of benzene rings is 1. The Kier molecular flexibility index (Phi) is 5.16. The molecular formula is C14H19N3O5. The number of nitro benzene ring substituents is 1. The molecule has 0 unspecified atom stereocenters. The number of amides is 1. The largest absolute Gasteiger partial charge is 0.493 e. The average Bonchev–Trinajstić information content (AvgIpc) is 2.54. The number of rotatable bonds is 5. The van der Waals surface area contributed by atoms with Gasteiger partial charge in [0.05, 0.1) is 25.2 Å². The molecule has 2 rings (SSSR count). The van der Waals surface area contributed by atoms with Gasteiger partial charge in [-0.25, -0.2) is 0 Å². The fourth-order valence-electron chi connectivity index (χ4n) is 2.43. The van der Waals surface area contributed by atoms with Gasteiger partial charge >= 0.3 is 0 Å². The molecule has 120 valence electrons. The fourth-order valence-corrected chi connectivity index (χ4v) is 2.43. The van der Waals surface area contributed by atoms with Crippen molar-refractivity contribution in [3.05, 3.63) is 27.8 Å². The molecule has 1 heterocycles. The molecule has 1 aromatic carbocycles. The standard InChI is InChI=1S/C14H19N3O5/c1-21-12-7-10(11(17(19)20)8-13(12)22-2)14(18)16-9-3-5-15-6-4-9/h7-9,15H,3-6H2,1-2H3,(H,16,18). The Morgan fingerprint density at radius 3 is 2.41 bits per heavy atom. The molecule has 1 aliphatic heterocycles. The van der Waals surface area contributed by atoms with Gasteiger partial charge in [0, 0.05) is 12.1 Å². The van der Waals surface area contributed by atoms with Crippen LogP contribution in [0.1, 0.15) is 23.2 Å². The molecule has 22 heavy (non-hydrogen) atoms. The summed E-state index contributed by atoms with van der Waals surface area (Å²) < 4.78 is 10.2. The van der Waals surface area contributed by atoms with Crippen molar-refractivity contribution in [2.45, 2.75) is 18.9 Å². The van der Waals surface area contributed by atoms with Crippen LogP contribution in [0.25, 0.3) is 0 Å². The molecule has 1 saturated heterocycles. The number of ether oxygens (including phenoxy) is 2. The van der Waals surface area contributed by atoms with E-state index < -0.39 is 10.8 Å². The molecular weight excluding hydrogens is 290 g/mol. The zero-order valence-electron chi connectivity index (χ0n) is 12.5. The van der Waals surface area contributed by atoms with Gasteiger partial charge in [0.2, 0.25) is 0 Å². The van der Waals surface area contributed by atoms with Crippen LogP contribution in [-0.4, -0.2) is 44.2 Å². The predicted octanol–water partition coefficient (Wildman–Crippen LogP) is 1.09. The summed E-state index contributed by atoms with van der Waals surface area (Å²) in [5.41, 5.74) is -0.328. The van der Waals surface area contributed by atoms with Crippen molar-refractivity contribution in [3.63, 3.8) is 0 Å². The maximum atomic E-state index is 12.4. The Morgan fingerprint density at radius 2 is 1.86 bits per heavy atom. The highest BCUT2D eigenvalue weighted by atomic mass is 16.6. The van der Waals surface area contributed by atoms with Gasteiger partial charge in [0.1, 0.15) is 5.56 Å². The van der Waals surface area contributed by atoms with Crippen molar-refractivity contribution >= 4 is 11.6 Å². The lowest BCUT2D eigenvalue weighted by Crippen LogP contribution is -2.42. The van der Waals surface area contributed by atoms with Gasteiger partial charge in [0.15, 0.2) is 11.5 Å². The quantitative estimate of drug-likeness (QED) is 0.623. The highest BCUT2D eigenvalue weighted by Gasteiger charge is 2.26. The number of piperidine rings is 1. The van der Waals surface area contributed by atoms with Gasteiger partial charge in [-0.2, -0.15) is 0 Å². The van der Waals surface area contributed by atoms with E-state index in [0.717, 1.165) is 25.9 Å². The molecule has 0 aliphatic carbocycles. The van der Waals surface area contributed by atoms with Crippen LogP contribution in [-0.2, 0) is 0 Å². The van der Waals surface area contributed by atoms with Crippen molar-refractivity contribution in [1.29, 1.82) is 0 Å². The number of nitro groups is 1. The molecule has 0 radical (unpaired) electrons. The first-order valence-electron chi connectivity index (χ1n) is 6.98. The molecule has 1 amide bonds. The van der Waals surface area contributed by atoms with Crippen LogP contribution in [0, 0.1) is 10.1 Å². The summed E-state index contributed by atoms with van der Waals surface area (Å²) >= 11 is 0. The van der Waals surface area contributed by atoms with Crippen LogP contribution in [0.5, 0.6) is 11.5 Å². The number of carbonyl (C=O) groups is 1. The lowest BCUT2D eigenvalue weighted by Gasteiger charge is -2.23. The second-order valence-electron chi connectivity index (χ2n) is 4.98. The monoisotopic (exact) mass is 309 g/mol. The van der Waals surface area contributed by atoms with Crippen LogP contribution in [0.4, 0.5) is 5.69 Å². The highest BCUT2D eigenvalue weighted by Crippen LogP contribution is 2.34. The van der Waals surface area contributed by atoms with Crippen molar-refractivity contribution in [2.24, 2.45) is 0 Å². The maximum Gasteiger partial charge on any atom is 0.286 e. The van der Waals surface area contributed by atoms with Gasteiger partial charge in [-0.15, -0.1) is 0 Å². The van der Waals surface area contributed by atoms with Crippen LogP contribution in [0.2, 0.25) is 0 Å². The first kappa shape index (κ1) is 16.0. The Hall–Kier alpha value is -2.35. The minimum atomic E-state index is -0.598. The van der Waals surface area contributed by atoms with Crippen molar-refractivity contribution in [1.82, 2.24) is 10.6 Å². The SMILES string of the molecule is COc1cc(C(=O)NC2CCNCC2)c([N+](=O)[O-])cc1OC. The minimum absolute atomic E-state index is 0.0152. The third kappa shape index (κ3) is 3.45. The van der Waals surface area contributed by atoms with E-state index in [-0.39, 0.29) is 28.8 Å². The molecule has 8 heteroatoms. The summed E-state index contributed by atoms with van der Waals surface area (Å²) in [4.78, 5) is 23.0. The van der Waals surface area contributed by atoms with Crippen LogP contribution in [0.3, 0.4) is 0 Å². The lowest BCUT2D eigenvalue weighted by atomic mass is 10.1. The van der Waals surface area contributed by atoms with Crippen molar-refractivity contribution in [2.75, 3.05) is 27.3 Å². The first-order chi connectivity index (χ1) is 10.6. The minimum Gasteiger partial charge on any atom is -0.493 e. The Balaban J connectivity index is 2.30. The van der Waals surface area contributed by atoms with E-state index in [0.29, 0.717) is 0 Å². The smallest absolute Gasteiger partial charge is 0.286 e. The van der Waals surface area contributed by atoms with E-state index in [1.165, 1.54) is 26.4 Å². The summed E-state index contributed by atoms with van der Waals surface area (Å²) in [7, 11) is 2.80. The second kappa shape index (κ2) is 7.08. The first-order valence-corrected chi connectivity index (χ1v) is 6.98.